The van der Waals surface area contributed by atoms with Gasteiger partial charge < -0.3 is 9.84 Å². The van der Waals surface area contributed by atoms with Crippen LogP contribution in [0.4, 0.5) is 0 Å². The first-order valence-electron chi connectivity index (χ1n) is 6.54. The molecule has 1 unspecified atom stereocenters. The number of fused-ring (bicyclic) bond motifs is 1. The van der Waals surface area contributed by atoms with Crippen LogP contribution < -0.4 is 0 Å². The topological polar surface area (TPSA) is 133 Å². The fraction of sp³-hybridized carbons (Fsp3) is 0.583. The molecule has 3 atom stereocenters. The van der Waals surface area contributed by atoms with E-state index in [1.54, 1.807) is 6.92 Å². The number of rotatable bonds is 5. The Morgan fingerprint density at radius 2 is 2.32 bits per heavy atom. The molecule has 0 radical (unpaired) electrons. The summed E-state index contributed by atoms with van der Waals surface area (Å²) < 4.78 is 5.14. The molecule has 0 bridgehead atoms. The van der Waals surface area contributed by atoms with Crippen molar-refractivity contribution in [1.82, 2.24) is 4.90 Å². The van der Waals surface area contributed by atoms with Gasteiger partial charge in [-0.05, 0) is 12.0 Å². The second-order valence-electron chi connectivity index (χ2n) is 4.74. The molecule has 0 saturated carbocycles. The first-order chi connectivity index (χ1) is 10.4. The van der Waals surface area contributed by atoms with Crippen molar-refractivity contribution in [2.24, 2.45) is 5.11 Å². The number of carbonyl (C=O) groups excluding carboxylic acids is 2. The van der Waals surface area contributed by atoms with Gasteiger partial charge in [-0.2, -0.15) is 0 Å². The number of carbonyl (C=O) groups is 3. The van der Waals surface area contributed by atoms with Crippen molar-refractivity contribution in [1.29, 1.82) is 0 Å². The monoisotopic (exact) mass is 326 g/mol. The lowest BCUT2D eigenvalue weighted by Crippen LogP contribution is -2.64. The maximum atomic E-state index is 12.0. The highest BCUT2D eigenvalue weighted by molar-refractivity contribution is 8.00. The molecule has 2 aliphatic rings. The van der Waals surface area contributed by atoms with Gasteiger partial charge in [0.05, 0.1) is 0 Å². The number of aliphatic carboxylic acids is 1. The molecule has 1 amide bonds. The molecule has 22 heavy (non-hydrogen) atoms. The SMILES string of the molecule is CCC(OC(C)=O)C1=C(C(=O)O)N2C(=O)[C@H](N=[N+]=[N-])[C@H]2SC1. The summed E-state index contributed by atoms with van der Waals surface area (Å²) in [6, 6.07) is -0.889. The summed E-state index contributed by atoms with van der Waals surface area (Å²) in [4.78, 5) is 38.5. The number of nitrogens with zero attached hydrogens (tertiary/aromatic N) is 4. The zero-order valence-corrected chi connectivity index (χ0v) is 12.7. The van der Waals surface area contributed by atoms with Gasteiger partial charge in [-0.15, -0.1) is 11.8 Å². The minimum atomic E-state index is -1.27. The van der Waals surface area contributed by atoms with Gasteiger partial charge >= 0.3 is 11.9 Å². The van der Waals surface area contributed by atoms with Crippen LogP contribution in [0.5, 0.6) is 0 Å². The van der Waals surface area contributed by atoms with Crippen molar-refractivity contribution in [2.75, 3.05) is 5.75 Å². The zero-order valence-electron chi connectivity index (χ0n) is 11.9. The van der Waals surface area contributed by atoms with Crippen LogP contribution in [-0.2, 0) is 19.1 Å². The largest absolute Gasteiger partial charge is 0.477 e. The van der Waals surface area contributed by atoms with Crippen LogP contribution in [-0.4, -0.2) is 51.1 Å². The van der Waals surface area contributed by atoms with E-state index in [0.29, 0.717) is 17.7 Å². The van der Waals surface area contributed by atoms with Crippen LogP contribution in [0.25, 0.3) is 10.4 Å². The van der Waals surface area contributed by atoms with Crippen molar-refractivity contribution >= 4 is 29.6 Å². The first-order valence-corrected chi connectivity index (χ1v) is 7.59. The van der Waals surface area contributed by atoms with Crippen molar-refractivity contribution in [3.05, 3.63) is 21.7 Å². The molecule has 10 heteroatoms. The molecule has 2 rings (SSSR count). The second kappa shape index (κ2) is 6.29. The third kappa shape index (κ3) is 2.62. The highest BCUT2D eigenvalue weighted by Crippen LogP contribution is 2.43. The number of carboxylic acid groups (broad SMARTS) is 1. The molecule has 9 nitrogen and oxygen atoms in total. The number of azide groups is 1. The van der Waals surface area contributed by atoms with Gasteiger partial charge in [-0.3, -0.25) is 14.5 Å². The predicted octanol–water partition coefficient (Wildman–Crippen LogP) is 1.26. The maximum Gasteiger partial charge on any atom is 0.352 e. The molecule has 1 fully saturated rings. The number of amides is 1. The highest BCUT2D eigenvalue weighted by Gasteiger charge is 2.54. The lowest BCUT2D eigenvalue weighted by Gasteiger charge is -2.48. The number of thioether (sulfide) groups is 1. The minimum Gasteiger partial charge on any atom is -0.477 e. The zero-order chi connectivity index (χ0) is 16.4. The van der Waals surface area contributed by atoms with E-state index in [1.165, 1.54) is 18.7 Å². The van der Waals surface area contributed by atoms with Crippen LogP contribution >= 0.6 is 11.8 Å². The van der Waals surface area contributed by atoms with Crippen LogP contribution in [0.15, 0.2) is 16.4 Å². The number of esters is 1. The second-order valence-corrected chi connectivity index (χ2v) is 5.85. The van der Waals surface area contributed by atoms with E-state index in [-0.39, 0.29) is 5.70 Å². The Kier molecular flexibility index (Phi) is 4.62. The molecular formula is C12H14N4O5S. The van der Waals surface area contributed by atoms with Gasteiger partial charge in [0.15, 0.2) is 0 Å². The first kappa shape index (κ1) is 16.2. The Hall–Kier alpha value is -2.19. The fourth-order valence-electron chi connectivity index (χ4n) is 2.50. The molecule has 0 aliphatic carbocycles. The summed E-state index contributed by atoms with van der Waals surface area (Å²) in [5.74, 6) is -2.04. The Bertz CT molecular complexity index is 613. The van der Waals surface area contributed by atoms with E-state index < -0.39 is 35.4 Å². The van der Waals surface area contributed by atoms with Crippen molar-refractivity contribution in [2.45, 2.75) is 37.8 Å². The molecular weight excluding hydrogens is 312 g/mol. The van der Waals surface area contributed by atoms with Gasteiger partial charge in [0.2, 0.25) is 5.91 Å². The molecule has 0 spiro atoms. The van der Waals surface area contributed by atoms with Gasteiger partial charge in [0, 0.05) is 23.2 Å². The van der Waals surface area contributed by atoms with Crippen molar-refractivity contribution in [3.63, 3.8) is 0 Å². The number of β-lactam (4-membered cyclic amide) rings is 1. The van der Waals surface area contributed by atoms with Crippen LogP contribution in [0.1, 0.15) is 20.3 Å². The normalized spacial score (nSPS) is 24.8. The number of hydrogen-bond donors (Lipinski definition) is 1. The van der Waals surface area contributed by atoms with Gasteiger partial charge in [-0.25, -0.2) is 4.79 Å². The predicted molar refractivity (Wildman–Crippen MR) is 76.5 cm³/mol. The summed E-state index contributed by atoms with van der Waals surface area (Å²) in [6.45, 7) is 3.01. The van der Waals surface area contributed by atoms with Crippen molar-refractivity contribution in [3.8, 4) is 0 Å². The molecule has 1 N–H and O–H groups in total. The van der Waals surface area contributed by atoms with Crippen LogP contribution in [0, 0.1) is 0 Å². The molecule has 118 valence electrons. The summed E-state index contributed by atoms with van der Waals surface area (Å²) >= 11 is 1.29. The Morgan fingerprint density at radius 3 is 2.82 bits per heavy atom. The van der Waals surface area contributed by atoms with Gasteiger partial charge in [-0.1, -0.05) is 12.0 Å². The van der Waals surface area contributed by atoms with Gasteiger partial charge in [0.1, 0.15) is 23.2 Å². The summed E-state index contributed by atoms with van der Waals surface area (Å²) in [5.41, 5.74) is 8.67. The Morgan fingerprint density at radius 1 is 1.64 bits per heavy atom. The Balaban J connectivity index is 2.40. The van der Waals surface area contributed by atoms with E-state index in [2.05, 4.69) is 10.0 Å². The standard InChI is InChI=1S/C12H14N4O5S/c1-3-7(21-5(2)17)6-4-22-11-8(14-15-13)10(18)16(11)9(6)12(19)20/h7-8,11H,3-4H2,1-2H3,(H,19,20)/t7?,8-,11+/m0/s1. The fourth-order valence-corrected chi connectivity index (χ4v) is 3.88. The molecule has 0 aromatic rings. The van der Waals surface area contributed by atoms with E-state index in [4.69, 9.17) is 10.3 Å². The summed E-state index contributed by atoms with van der Waals surface area (Å²) in [5, 5.41) is 12.3. The van der Waals surface area contributed by atoms with E-state index in [9.17, 15) is 19.5 Å². The lowest BCUT2D eigenvalue weighted by molar-refractivity contribution is -0.149. The van der Waals surface area contributed by atoms with Crippen LogP contribution in [0.3, 0.4) is 0 Å². The van der Waals surface area contributed by atoms with E-state index in [1.807, 2.05) is 0 Å². The van der Waals surface area contributed by atoms with Gasteiger partial charge in [0.25, 0.3) is 0 Å². The molecule has 2 aliphatic heterocycles. The van der Waals surface area contributed by atoms with Crippen LogP contribution in [0.2, 0.25) is 0 Å². The molecule has 0 aromatic carbocycles. The average molecular weight is 326 g/mol. The lowest BCUT2D eigenvalue weighted by atomic mass is 10.00. The smallest absolute Gasteiger partial charge is 0.352 e. The van der Waals surface area contributed by atoms with E-state index >= 15 is 0 Å². The molecule has 1 saturated heterocycles. The quantitative estimate of drug-likeness (QED) is 0.266. The van der Waals surface area contributed by atoms with Crippen molar-refractivity contribution < 1.29 is 24.2 Å². The molecule has 0 aromatic heterocycles. The molecule has 2 heterocycles. The number of hydrogen-bond acceptors (Lipinski definition) is 6. The summed E-state index contributed by atoms with van der Waals surface area (Å²) in [7, 11) is 0. The van der Waals surface area contributed by atoms with E-state index in [0.717, 1.165) is 4.90 Å². The minimum absolute atomic E-state index is 0.175. The third-order valence-corrected chi connectivity index (χ3v) is 4.70. The number of ether oxygens (including phenoxy) is 1. The average Bonchev–Trinajstić information content (AvgIpc) is 2.48. The maximum absolute atomic E-state index is 12.0. The number of carboxylic acids is 1. The third-order valence-electron chi connectivity index (χ3n) is 3.42. The highest BCUT2D eigenvalue weighted by atomic mass is 32.2. The summed E-state index contributed by atoms with van der Waals surface area (Å²) in [6.07, 6.45) is -0.290. The Labute approximate surface area is 129 Å².